The highest BCUT2D eigenvalue weighted by atomic mass is 16.7. The van der Waals surface area contributed by atoms with Crippen LogP contribution in [0.25, 0.3) is 5.65 Å². The molecule has 1 saturated heterocycles. The SMILES string of the molecule is O=C(Nc1cccc(C#Cc2cnc3ccccn23)c1)N1OCC[C@@H]1c1ccccc1. The molecule has 1 fully saturated rings. The van der Waals surface area contributed by atoms with Gasteiger partial charge in [0.05, 0.1) is 18.8 Å². The number of amides is 2. The van der Waals surface area contributed by atoms with Crippen molar-refractivity contribution in [1.29, 1.82) is 0 Å². The summed E-state index contributed by atoms with van der Waals surface area (Å²) in [5.74, 6) is 6.30. The van der Waals surface area contributed by atoms with E-state index >= 15 is 0 Å². The van der Waals surface area contributed by atoms with Crippen molar-refractivity contribution >= 4 is 17.4 Å². The van der Waals surface area contributed by atoms with E-state index in [0.29, 0.717) is 12.3 Å². The normalized spacial score (nSPS) is 15.5. The Morgan fingerprint density at radius 3 is 2.81 bits per heavy atom. The Hall–Kier alpha value is -4.08. The summed E-state index contributed by atoms with van der Waals surface area (Å²) >= 11 is 0. The van der Waals surface area contributed by atoms with Crippen molar-refractivity contribution in [3.8, 4) is 11.8 Å². The number of fused-ring (bicyclic) bond motifs is 1. The van der Waals surface area contributed by atoms with Crippen LogP contribution in [0.4, 0.5) is 10.5 Å². The van der Waals surface area contributed by atoms with Gasteiger partial charge < -0.3 is 5.32 Å². The number of carbonyl (C=O) groups excluding carboxylic acids is 1. The lowest BCUT2D eigenvalue weighted by molar-refractivity contribution is -0.0829. The highest BCUT2D eigenvalue weighted by Crippen LogP contribution is 2.30. The standard InChI is InChI=1S/C25H20N4O2/c30-25(29-23(14-16-31-29)20-8-2-1-3-9-20)27-21-10-6-7-19(17-21)12-13-22-18-26-24-11-4-5-15-28(22)24/h1-11,15,17-18,23H,14,16H2,(H,27,30)/t23-/m1/s1. The lowest BCUT2D eigenvalue weighted by Gasteiger charge is -2.23. The summed E-state index contributed by atoms with van der Waals surface area (Å²) in [6, 6.07) is 22.8. The summed E-state index contributed by atoms with van der Waals surface area (Å²) in [5, 5.41) is 4.35. The molecule has 1 aliphatic rings. The van der Waals surface area contributed by atoms with Crippen molar-refractivity contribution in [1.82, 2.24) is 14.4 Å². The third-order valence-corrected chi connectivity index (χ3v) is 5.16. The van der Waals surface area contributed by atoms with E-state index in [9.17, 15) is 4.79 Å². The Kier molecular flexibility index (Phi) is 5.09. The average Bonchev–Trinajstić information content (AvgIpc) is 3.46. The van der Waals surface area contributed by atoms with E-state index in [1.807, 2.05) is 83.4 Å². The van der Waals surface area contributed by atoms with Gasteiger partial charge in [0.2, 0.25) is 0 Å². The molecule has 3 heterocycles. The van der Waals surface area contributed by atoms with Gasteiger partial charge in [-0.2, -0.15) is 5.06 Å². The van der Waals surface area contributed by atoms with Gasteiger partial charge in [-0.05, 0) is 41.8 Å². The van der Waals surface area contributed by atoms with Gasteiger partial charge in [0.25, 0.3) is 0 Å². The fraction of sp³-hybridized carbons (Fsp3) is 0.120. The molecule has 0 unspecified atom stereocenters. The number of anilines is 1. The van der Waals surface area contributed by atoms with Crippen LogP contribution in [0, 0.1) is 11.8 Å². The number of nitrogens with one attached hydrogen (secondary N) is 1. The monoisotopic (exact) mass is 408 g/mol. The van der Waals surface area contributed by atoms with E-state index in [4.69, 9.17) is 4.84 Å². The molecule has 4 aromatic rings. The molecular weight excluding hydrogens is 388 g/mol. The fourth-order valence-electron chi connectivity index (χ4n) is 3.66. The van der Waals surface area contributed by atoms with E-state index in [-0.39, 0.29) is 12.1 Å². The van der Waals surface area contributed by atoms with Crippen LogP contribution in [0.5, 0.6) is 0 Å². The Morgan fingerprint density at radius 1 is 1.03 bits per heavy atom. The number of urea groups is 1. The predicted octanol–water partition coefficient (Wildman–Crippen LogP) is 4.64. The molecule has 1 aliphatic heterocycles. The van der Waals surface area contributed by atoms with Gasteiger partial charge in [-0.15, -0.1) is 0 Å². The van der Waals surface area contributed by atoms with E-state index in [1.165, 1.54) is 5.06 Å². The van der Waals surface area contributed by atoms with Crippen LogP contribution in [0.15, 0.2) is 85.2 Å². The molecule has 152 valence electrons. The third-order valence-electron chi connectivity index (χ3n) is 5.16. The number of hydrogen-bond donors (Lipinski definition) is 1. The summed E-state index contributed by atoms with van der Waals surface area (Å²) in [4.78, 5) is 22.8. The van der Waals surface area contributed by atoms with Crippen LogP contribution in [0.1, 0.15) is 29.3 Å². The molecule has 0 aliphatic carbocycles. The molecule has 2 amide bonds. The lowest BCUT2D eigenvalue weighted by atomic mass is 10.1. The predicted molar refractivity (Wildman–Crippen MR) is 118 cm³/mol. The number of nitrogens with zero attached hydrogens (tertiary/aromatic N) is 3. The molecule has 0 bridgehead atoms. The van der Waals surface area contributed by atoms with Crippen LogP contribution in [-0.4, -0.2) is 27.1 Å². The maximum Gasteiger partial charge on any atom is 0.346 e. The minimum absolute atomic E-state index is 0.0979. The number of carbonyl (C=O) groups is 1. The zero-order valence-electron chi connectivity index (χ0n) is 16.7. The molecule has 0 spiro atoms. The molecule has 0 radical (unpaired) electrons. The topological polar surface area (TPSA) is 58.9 Å². The summed E-state index contributed by atoms with van der Waals surface area (Å²) < 4.78 is 1.94. The van der Waals surface area contributed by atoms with Crippen LogP contribution < -0.4 is 5.32 Å². The number of pyridine rings is 1. The van der Waals surface area contributed by atoms with Crippen LogP contribution >= 0.6 is 0 Å². The Morgan fingerprint density at radius 2 is 1.90 bits per heavy atom. The maximum absolute atomic E-state index is 12.8. The van der Waals surface area contributed by atoms with Crippen molar-refractivity contribution < 1.29 is 9.63 Å². The van der Waals surface area contributed by atoms with Crippen LogP contribution in [0.2, 0.25) is 0 Å². The summed E-state index contributed by atoms with van der Waals surface area (Å²) in [7, 11) is 0. The number of aromatic nitrogens is 2. The minimum Gasteiger partial charge on any atom is -0.306 e. The number of benzene rings is 2. The van der Waals surface area contributed by atoms with Crippen molar-refractivity contribution in [2.45, 2.75) is 12.5 Å². The first-order chi connectivity index (χ1) is 15.3. The van der Waals surface area contributed by atoms with E-state index in [2.05, 4.69) is 22.1 Å². The molecule has 6 heteroatoms. The highest BCUT2D eigenvalue weighted by Gasteiger charge is 2.31. The van der Waals surface area contributed by atoms with Crippen molar-refractivity contribution in [2.24, 2.45) is 0 Å². The second-order valence-corrected chi connectivity index (χ2v) is 7.21. The van der Waals surface area contributed by atoms with Crippen LogP contribution in [-0.2, 0) is 4.84 Å². The van der Waals surface area contributed by atoms with Gasteiger partial charge >= 0.3 is 6.03 Å². The molecule has 31 heavy (non-hydrogen) atoms. The Labute approximate surface area is 180 Å². The summed E-state index contributed by atoms with van der Waals surface area (Å²) in [6.45, 7) is 0.512. The highest BCUT2D eigenvalue weighted by molar-refractivity contribution is 5.89. The Bertz CT molecular complexity index is 1290. The van der Waals surface area contributed by atoms with Gasteiger partial charge in [0, 0.05) is 23.9 Å². The van der Waals surface area contributed by atoms with Crippen molar-refractivity contribution in [2.75, 3.05) is 11.9 Å². The number of hydrogen-bond acceptors (Lipinski definition) is 3. The Balaban J connectivity index is 1.32. The molecule has 6 nitrogen and oxygen atoms in total. The zero-order valence-corrected chi connectivity index (χ0v) is 16.7. The maximum atomic E-state index is 12.8. The van der Waals surface area contributed by atoms with Gasteiger partial charge in [-0.25, -0.2) is 9.78 Å². The number of imidazole rings is 1. The second kappa shape index (κ2) is 8.34. The third kappa shape index (κ3) is 4.00. The molecule has 2 aromatic carbocycles. The molecule has 5 rings (SSSR count). The second-order valence-electron chi connectivity index (χ2n) is 7.21. The first kappa shape index (κ1) is 18.9. The molecule has 1 N–H and O–H groups in total. The number of hydroxylamine groups is 2. The first-order valence-electron chi connectivity index (χ1n) is 10.1. The largest absolute Gasteiger partial charge is 0.346 e. The molecule has 0 saturated carbocycles. The van der Waals surface area contributed by atoms with E-state index in [0.717, 1.165) is 28.9 Å². The smallest absolute Gasteiger partial charge is 0.306 e. The summed E-state index contributed by atoms with van der Waals surface area (Å²) in [6.07, 6.45) is 4.45. The van der Waals surface area contributed by atoms with Gasteiger partial charge in [-0.3, -0.25) is 9.24 Å². The van der Waals surface area contributed by atoms with Gasteiger partial charge in [0.15, 0.2) is 0 Å². The first-order valence-corrected chi connectivity index (χ1v) is 10.1. The molecule has 1 atom stereocenters. The lowest BCUT2D eigenvalue weighted by Crippen LogP contribution is -2.33. The quantitative estimate of drug-likeness (QED) is 0.492. The summed E-state index contributed by atoms with van der Waals surface area (Å²) in [5.41, 5.74) is 4.18. The van der Waals surface area contributed by atoms with Gasteiger partial charge in [0.1, 0.15) is 11.3 Å². The minimum atomic E-state index is -0.293. The zero-order chi connectivity index (χ0) is 21.0. The van der Waals surface area contributed by atoms with E-state index in [1.54, 1.807) is 6.20 Å². The molecular formula is C25H20N4O2. The van der Waals surface area contributed by atoms with Gasteiger partial charge in [-0.1, -0.05) is 48.4 Å². The average molecular weight is 408 g/mol. The molecule has 2 aromatic heterocycles. The van der Waals surface area contributed by atoms with Crippen molar-refractivity contribution in [3.05, 3.63) is 102 Å². The van der Waals surface area contributed by atoms with Crippen LogP contribution in [0.3, 0.4) is 0 Å². The van der Waals surface area contributed by atoms with E-state index < -0.39 is 0 Å². The fourth-order valence-corrected chi connectivity index (χ4v) is 3.66. The van der Waals surface area contributed by atoms with Crippen molar-refractivity contribution in [3.63, 3.8) is 0 Å². The number of rotatable bonds is 2.